The van der Waals surface area contributed by atoms with Crippen LogP contribution in [0.4, 0.5) is 0 Å². The fourth-order valence-corrected chi connectivity index (χ4v) is 4.03. The normalized spacial score (nSPS) is 10.5. The molecule has 32 heavy (non-hydrogen) atoms. The lowest BCUT2D eigenvalue weighted by atomic mass is 10.1. The third-order valence-electron chi connectivity index (χ3n) is 5.65. The zero-order valence-electron chi connectivity index (χ0n) is 19.4. The van der Waals surface area contributed by atoms with Gasteiger partial charge in [0.2, 0.25) is 0 Å². The minimum Gasteiger partial charge on any atom is -0.496 e. The average Bonchev–Trinajstić information content (AvgIpc) is 3.17. The number of nitrogens with zero attached hydrogens (tertiary/aromatic N) is 1. The van der Waals surface area contributed by atoms with E-state index in [0.29, 0.717) is 6.42 Å². The Morgan fingerprint density at radius 2 is 1.72 bits per heavy atom. The first kappa shape index (κ1) is 23.3. The molecule has 0 aliphatic rings. The molecule has 3 aromatic carbocycles. The first-order valence-corrected chi connectivity index (χ1v) is 11.3. The monoisotopic (exact) mass is 427 g/mol. The molecule has 3 nitrogen and oxygen atoms in total. The number of carbonyl (C=O) groups excluding carboxylic acids is 1. The van der Waals surface area contributed by atoms with E-state index in [1.54, 1.807) is 7.11 Å². The van der Waals surface area contributed by atoms with Crippen LogP contribution in [0.2, 0.25) is 0 Å². The molecule has 0 amide bonds. The Labute approximate surface area is 191 Å². The van der Waals surface area contributed by atoms with Crippen molar-refractivity contribution < 1.29 is 9.53 Å². The van der Waals surface area contributed by atoms with Gasteiger partial charge in [0.1, 0.15) is 12.0 Å². The number of fused-ring (bicyclic) bond motifs is 1. The highest BCUT2D eigenvalue weighted by Crippen LogP contribution is 2.24. The SMILES string of the molecule is CCc1ccccc1OC.Cc1cccc(Cn2cc(CCCC=O)c3ccccc32)c1. The highest BCUT2D eigenvalue weighted by molar-refractivity contribution is 5.84. The fourth-order valence-electron chi connectivity index (χ4n) is 4.03. The van der Waals surface area contributed by atoms with Crippen LogP contribution in [0.5, 0.6) is 5.75 Å². The van der Waals surface area contributed by atoms with Crippen LogP contribution in [0.3, 0.4) is 0 Å². The van der Waals surface area contributed by atoms with Gasteiger partial charge in [-0.25, -0.2) is 0 Å². The molecule has 0 aliphatic heterocycles. The molecular formula is C29H33NO2. The lowest BCUT2D eigenvalue weighted by molar-refractivity contribution is -0.107. The second-order valence-electron chi connectivity index (χ2n) is 8.01. The highest BCUT2D eigenvalue weighted by Gasteiger charge is 2.08. The van der Waals surface area contributed by atoms with Crippen molar-refractivity contribution in [3.05, 3.63) is 101 Å². The largest absolute Gasteiger partial charge is 0.496 e. The summed E-state index contributed by atoms with van der Waals surface area (Å²) in [5, 5.41) is 1.31. The summed E-state index contributed by atoms with van der Waals surface area (Å²) in [6, 6.07) is 25.3. The first-order chi connectivity index (χ1) is 15.7. The van der Waals surface area contributed by atoms with Crippen molar-refractivity contribution in [3.8, 4) is 5.75 Å². The molecule has 0 atom stereocenters. The lowest BCUT2D eigenvalue weighted by Gasteiger charge is -2.06. The smallest absolute Gasteiger partial charge is 0.122 e. The minimum absolute atomic E-state index is 0.636. The summed E-state index contributed by atoms with van der Waals surface area (Å²) >= 11 is 0. The summed E-state index contributed by atoms with van der Waals surface area (Å²) in [5.41, 5.74) is 6.49. The molecule has 0 saturated carbocycles. The molecule has 0 fully saturated rings. The quantitative estimate of drug-likeness (QED) is 0.229. The van der Waals surface area contributed by atoms with E-state index in [2.05, 4.69) is 79.2 Å². The Bertz CT molecular complexity index is 1120. The van der Waals surface area contributed by atoms with E-state index in [4.69, 9.17) is 4.74 Å². The fraction of sp³-hybridized carbons (Fsp3) is 0.276. The van der Waals surface area contributed by atoms with E-state index >= 15 is 0 Å². The molecule has 4 rings (SSSR count). The van der Waals surface area contributed by atoms with Gasteiger partial charge >= 0.3 is 0 Å². The van der Waals surface area contributed by atoms with Crippen LogP contribution >= 0.6 is 0 Å². The Balaban J connectivity index is 0.000000243. The molecule has 1 aromatic heterocycles. The number of carbonyl (C=O) groups is 1. The van der Waals surface area contributed by atoms with Gasteiger partial charge in [-0.15, -0.1) is 0 Å². The molecule has 0 spiro atoms. The third-order valence-corrected chi connectivity index (χ3v) is 5.65. The van der Waals surface area contributed by atoms with Gasteiger partial charge in [-0.3, -0.25) is 0 Å². The van der Waals surface area contributed by atoms with Gasteiger partial charge in [0.05, 0.1) is 7.11 Å². The van der Waals surface area contributed by atoms with Gasteiger partial charge in [-0.1, -0.05) is 73.2 Å². The summed E-state index contributed by atoms with van der Waals surface area (Å²) in [7, 11) is 1.70. The van der Waals surface area contributed by atoms with Crippen molar-refractivity contribution >= 4 is 17.2 Å². The molecule has 166 valence electrons. The van der Waals surface area contributed by atoms with Crippen LogP contribution in [-0.4, -0.2) is 18.0 Å². The van der Waals surface area contributed by atoms with Crippen molar-refractivity contribution in [2.75, 3.05) is 7.11 Å². The summed E-state index contributed by atoms with van der Waals surface area (Å²) in [5.74, 6) is 0.991. The van der Waals surface area contributed by atoms with Crippen molar-refractivity contribution in [2.24, 2.45) is 0 Å². The molecule has 0 N–H and O–H groups in total. The van der Waals surface area contributed by atoms with Crippen LogP contribution in [0, 0.1) is 6.92 Å². The van der Waals surface area contributed by atoms with E-state index < -0.39 is 0 Å². The Hall–Kier alpha value is -3.33. The summed E-state index contributed by atoms with van der Waals surface area (Å²) in [4.78, 5) is 10.5. The molecule has 0 aliphatic carbocycles. The number of hydrogen-bond donors (Lipinski definition) is 0. The Morgan fingerprint density at radius 1 is 0.938 bits per heavy atom. The lowest BCUT2D eigenvalue weighted by Crippen LogP contribution is -1.98. The van der Waals surface area contributed by atoms with Gasteiger partial charge < -0.3 is 14.1 Å². The number of para-hydroxylation sites is 2. The predicted octanol–water partition coefficient (Wildman–Crippen LogP) is 6.78. The van der Waals surface area contributed by atoms with Crippen molar-refractivity contribution in [3.63, 3.8) is 0 Å². The molecule has 4 aromatic rings. The number of hydrogen-bond acceptors (Lipinski definition) is 2. The second kappa shape index (κ2) is 11.9. The molecule has 0 bridgehead atoms. The second-order valence-corrected chi connectivity index (χ2v) is 8.01. The Kier molecular flexibility index (Phi) is 8.68. The van der Waals surface area contributed by atoms with Crippen LogP contribution in [0.15, 0.2) is 79.0 Å². The summed E-state index contributed by atoms with van der Waals surface area (Å²) in [6.07, 6.45) is 6.80. The maximum Gasteiger partial charge on any atom is 0.122 e. The molecule has 3 heteroatoms. The number of unbranched alkanes of at least 4 members (excludes halogenated alkanes) is 1. The number of aromatic nitrogens is 1. The van der Waals surface area contributed by atoms with Crippen LogP contribution in [0.25, 0.3) is 10.9 Å². The molecule has 1 heterocycles. The standard InChI is InChI=1S/C20H21NO.C9H12O/c1-16-7-6-8-17(13-16)14-21-15-18(9-4-5-12-22)19-10-2-3-11-20(19)21;1-3-8-6-4-5-7-9(8)10-2/h2-3,6-8,10-13,15H,4-5,9,14H2,1H3;4-7H,3H2,1-2H3. The van der Waals surface area contributed by atoms with Crippen molar-refractivity contribution in [1.82, 2.24) is 4.57 Å². The summed E-state index contributed by atoms with van der Waals surface area (Å²) < 4.78 is 7.46. The highest BCUT2D eigenvalue weighted by atomic mass is 16.5. The van der Waals surface area contributed by atoms with Gasteiger partial charge in [0.15, 0.2) is 0 Å². The molecular weight excluding hydrogens is 394 g/mol. The zero-order chi connectivity index (χ0) is 22.8. The third kappa shape index (κ3) is 6.10. The van der Waals surface area contributed by atoms with Crippen molar-refractivity contribution in [2.45, 2.75) is 46.1 Å². The number of benzene rings is 3. The maximum atomic E-state index is 10.5. The molecule has 0 unspecified atom stereocenters. The van der Waals surface area contributed by atoms with Gasteiger partial charge in [0.25, 0.3) is 0 Å². The number of aryl methyl sites for hydroxylation is 3. The van der Waals surface area contributed by atoms with E-state index in [1.807, 2.05) is 18.2 Å². The average molecular weight is 428 g/mol. The van der Waals surface area contributed by atoms with E-state index in [-0.39, 0.29) is 0 Å². The van der Waals surface area contributed by atoms with Crippen LogP contribution < -0.4 is 4.74 Å². The number of ether oxygens (including phenoxy) is 1. The minimum atomic E-state index is 0.636. The van der Waals surface area contributed by atoms with Gasteiger partial charge in [-0.2, -0.15) is 0 Å². The first-order valence-electron chi connectivity index (χ1n) is 11.3. The summed E-state index contributed by atoms with van der Waals surface area (Å²) in [6.45, 7) is 5.13. The Morgan fingerprint density at radius 3 is 2.44 bits per heavy atom. The van der Waals surface area contributed by atoms with E-state index in [1.165, 1.54) is 33.2 Å². The zero-order valence-corrected chi connectivity index (χ0v) is 19.4. The molecule has 0 saturated heterocycles. The maximum absolute atomic E-state index is 10.5. The number of rotatable bonds is 8. The number of methoxy groups -OCH3 is 1. The van der Waals surface area contributed by atoms with Gasteiger partial charge in [0, 0.05) is 30.1 Å². The number of aldehydes is 1. The van der Waals surface area contributed by atoms with Crippen molar-refractivity contribution in [1.29, 1.82) is 0 Å². The predicted molar refractivity (Wildman–Crippen MR) is 134 cm³/mol. The van der Waals surface area contributed by atoms with Crippen LogP contribution in [0.1, 0.15) is 42.0 Å². The van der Waals surface area contributed by atoms with Gasteiger partial charge in [-0.05, 0) is 55.0 Å². The van der Waals surface area contributed by atoms with E-state index in [0.717, 1.165) is 37.8 Å². The topological polar surface area (TPSA) is 31.2 Å². The van der Waals surface area contributed by atoms with Crippen LogP contribution in [-0.2, 0) is 24.2 Å². The van der Waals surface area contributed by atoms with E-state index in [9.17, 15) is 4.79 Å². The molecule has 0 radical (unpaired) electrons.